The first kappa shape index (κ1) is 20.4. The average Bonchev–Trinajstić information content (AvgIpc) is 2.96. The Morgan fingerprint density at radius 1 is 1.30 bits per heavy atom. The summed E-state index contributed by atoms with van der Waals surface area (Å²) in [7, 11) is 4.66. The van der Waals surface area contributed by atoms with Crippen LogP contribution in [0.5, 0.6) is 0 Å². The lowest BCUT2D eigenvalue weighted by molar-refractivity contribution is -0.136. The third kappa shape index (κ3) is 4.85. The van der Waals surface area contributed by atoms with E-state index in [0.717, 1.165) is 5.56 Å². The second-order valence-electron chi connectivity index (χ2n) is 6.37. The molecular weight excluding hydrogens is 350 g/mol. The fourth-order valence-corrected chi connectivity index (χ4v) is 2.81. The first-order valence-corrected chi connectivity index (χ1v) is 8.65. The minimum absolute atomic E-state index is 0.00494. The van der Waals surface area contributed by atoms with E-state index in [0.29, 0.717) is 18.5 Å². The summed E-state index contributed by atoms with van der Waals surface area (Å²) in [5.41, 5.74) is 1.87. The number of aliphatic hydroxyl groups excluding tert-OH is 1. The number of β-amino-alcohol motifs (C(OH)–C–C–N with tert-alkyl or cyclic N) is 1. The van der Waals surface area contributed by atoms with Crippen LogP contribution in [-0.4, -0.2) is 73.6 Å². The van der Waals surface area contributed by atoms with E-state index in [1.165, 1.54) is 16.9 Å². The molecule has 0 radical (unpaired) electrons. The second kappa shape index (κ2) is 9.18. The van der Waals surface area contributed by atoms with Crippen molar-refractivity contribution in [1.29, 1.82) is 0 Å². The van der Waals surface area contributed by atoms with E-state index in [-0.39, 0.29) is 42.8 Å². The van der Waals surface area contributed by atoms with Crippen molar-refractivity contribution in [1.82, 2.24) is 9.80 Å². The molecule has 1 aliphatic heterocycles. The van der Waals surface area contributed by atoms with Gasteiger partial charge in [0.05, 0.1) is 25.8 Å². The van der Waals surface area contributed by atoms with Gasteiger partial charge < -0.3 is 25.0 Å². The zero-order valence-electron chi connectivity index (χ0n) is 15.8. The van der Waals surface area contributed by atoms with Crippen LogP contribution in [0, 0.1) is 0 Å². The van der Waals surface area contributed by atoms with Gasteiger partial charge in [0.25, 0.3) is 5.91 Å². The van der Waals surface area contributed by atoms with Crippen molar-refractivity contribution >= 4 is 23.5 Å². The third-order valence-corrected chi connectivity index (χ3v) is 4.34. The molecule has 1 aliphatic rings. The van der Waals surface area contributed by atoms with Crippen LogP contribution in [0.3, 0.4) is 0 Å². The molecule has 1 aromatic rings. The molecule has 8 nitrogen and oxygen atoms in total. The summed E-state index contributed by atoms with van der Waals surface area (Å²) < 4.78 is 4.78. The molecule has 1 aromatic carbocycles. The van der Waals surface area contributed by atoms with Gasteiger partial charge in [-0.3, -0.25) is 9.59 Å². The van der Waals surface area contributed by atoms with E-state index in [4.69, 9.17) is 9.84 Å². The highest BCUT2D eigenvalue weighted by molar-refractivity contribution is 6.08. The summed E-state index contributed by atoms with van der Waals surface area (Å²) in [6, 6.07) is 7.32. The number of aryl methyl sites for hydroxylation is 1. The first-order valence-electron chi connectivity index (χ1n) is 8.65. The smallest absolute Gasteiger partial charge is 0.337 e. The van der Waals surface area contributed by atoms with Gasteiger partial charge in [-0.2, -0.15) is 0 Å². The van der Waals surface area contributed by atoms with Crippen LogP contribution in [0.2, 0.25) is 0 Å². The van der Waals surface area contributed by atoms with E-state index in [1.54, 1.807) is 20.2 Å². The molecule has 0 aromatic heterocycles. The standard InChI is InChI=1S/C19H25N3O5/c1-21(2)16(24)9-8-13-6-4-5-7-15(13)20-17-14(19(26)27-3)12-22(10-11-23)18(17)25/h4-7,20,23H,8-12H2,1-3H3. The zero-order chi connectivity index (χ0) is 20.0. The lowest BCUT2D eigenvalue weighted by Crippen LogP contribution is -2.31. The number of hydrogen-bond donors (Lipinski definition) is 2. The Morgan fingerprint density at radius 2 is 2.00 bits per heavy atom. The Morgan fingerprint density at radius 3 is 2.63 bits per heavy atom. The molecule has 0 saturated heterocycles. The predicted octanol–water partition coefficient (Wildman–Crippen LogP) is 0.381. The third-order valence-electron chi connectivity index (χ3n) is 4.34. The highest BCUT2D eigenvalue weighted by atomic mass is 16.5. The number of para-hydroxylation sites is 1. The van der Waals surface area contributed by atoms with E-state index in [9.17, 15) is 14.4 Å². The van der Waals surface area contributed by atoms with Crippen LogP contribution in [0.15, 0.2) is 35.5 Å². The van der Waals surface area contributed by atoms with Gasteiger partial charge in [0.1, 0.15) is 5.70 Å². The zero-order valence-corrected chi connectivity index (χ0v) is 15.8. The SMILES string of the molecule is COC(=O)C1=C(Nc2ccccc2CCC(=O)N(C)C)C(=O)N(CCO)C1. The van der Waals surface area contributed by atoms with Crippen LogP contribution >= 0.6 is 0 Å². The summed E-state index contributed by atoms with van der Waals surface area (Å²) in [6.07, 6.45) is 0.828. The molecule has 0 fully saturated rings. The molecule has 0 atom stereocenters. The van der Waals surface area contributed by atoms with Gasteiger partial charge >= 0.3 is 5.97 Å². The van der Waals surface area contributed by atoms with Crippen molar-refractivity contribution in [3.63, 3.8) is 0 Å². The maximum atomic E-state index is 12.6. The molecule has 0 aliphatic carbocycles. The minimum atomic E-state index is -0.591. The number of aliphatic hydroxyl groups is 1. The Balaban J connectivity index is 2.26. The van der Waals surface area contributed by atoms with Crippen LogP contribution < -0.4 is 5.32 Å². The number of ether oxygens (including phenoxy) is 1. The topological polar surface area (TPSA) is 99.2 Å². The molecule has 0 saturated carbocycles. The molecule has 0 spiro atoms. The number of benzene rings is 1. The number of carbonyl (C=O) groups is 3. The maximum Gasteiger partial charge on any atom is 0.337 e. The predicted molar refractivity (Wildman–Crippen MR) is 99.8 cm³/mol. The number of methoxy groups -OCH3 is 1. The first-order chi connectivity index (χ1) is 12.9. The Bertz CT molecular complexity index is 757. The number of nitrogens with zero attached hydrogens (tertiary/aromatic N) is 2. The number of carbonyl (C=O) groups excluding carboxylic acids is 3. The number of esters is 1. The van der Waals surface area contributed by atoms with Gasteiger partial charge in [0, 0.05) is 32.7 Å². The Kier molecular flexibility index (Phi) is 6.95. The van der Waals surface area contributed by atoms with E-state index >= 15 is 0 Å². The molecule has 27 heavy (non-hydrogen) atoms. The van der Waals surface area contributed by atoms with Crippen molar-refractivity contribution in [3.8, 4) is 0 Å². The summed E-state index contributed by atoms with van der Waals surface area (Å²) in [5.74, 6) is -0.958. The number of rotatable bonds is 8. The number of nitrogens with one attached hydrogen (secondary N) is 1. The molecule has 146 valence electrons. The highest BCUT2D eigenvalue weighted by Crippen LogP contribution is 2.25. The van der Waals surface area contributed by atoms with Crippen molar-refractivity contribution in [2.24, 2.45) is 0 Å². The van der Waals surface area contributed by atoms with Gasteiger partial charge in [-0.05, 0) is 18.1 Å². The lowest BCUT2D eigenvalue weighted by Gasteiger charge is -2.16. The van der Waals surface area contributed by atoms with E-state index in [1.807, 2.05) is 18.2 Å². The van der Waals surface area contributed by atoms with Crippen molar-refractivity contribution in [3.05, 3.63) is 41.1 Å². The van der Waals surface area contributed by atoms with Gasteiger partial charge in [-0.1, -0.05) is 18.2 Å². The van der Waals surface area contributed by atoms with Crippen LogP contribution in [0.25, 0.3) is 0 Å². The molecule has 2 N–H and O–H groups in total. The number of hydrogen-bond acceptors (Lipinski definition) is 6. The van der Waals surface area contributed by atoms with Gasteiger partial charge in [-0.15, -0.1) is 0 Å². The summed E-state index contributed by atoms with van der Waals surface area (Å²) >= 11 is 0. The molecule has 2 amide bonds. The van der Waals surface area contributed by atoms with Gasteiger partial charge in [0.15, 0.2) is 0 Å². The number of amides is 2. The Hall–Kier alpha value is -2.87. The molecule has 0 unspecified atom stereocenters. The van der Waals surface area contributed by atoms with Crippen LogP contribution in [0.4, 0.5) is 5.69 Å². The van der Waals surface area contributed by atoms with E-state index in [2.05, 4.69) is 5.32 Å². The normalized spacial score (nSPS) is 13.8. The summed E-state index contributed by atoms with van der Waals surface area (Å²) in [4.78, 5) is 39.5. The lowest BCUT2D eigenvalue weighted by atomic mass is 10.1. The Labute approximate surface area is 158 Å². The van der Waals surface area contributed by atoms with Crippen molar-refractivity contribution in [2.75, 3.05) is 46.2 Å². The second-order valence-corrected chi connectivity index (χ2v) is 6.37. The van der Waals surface area contributed by atoms with Crippen molar-refractivity contribution in [2.45, 2.75) is 12.8 Å². The highest BCUT2D eigenvalue weighted by Gasteiger charge is 2.34. The van der Waals surface area contributed by atoms with Crippen LogP contribution in [-0.2, 0) is 25.5 Å². The average molecular weight is 375 g/mol. The molecule has 8 heteroatoms. The quantitative estimate of drug-likeness (QED) is 0.638. The summed E-state index contributed by atoms with van der Waals surface area (Å²) in [6.45, 7) is 0.00980. The molecular formula is C19H25N3O5. The fraction of sp³-hybridized carbons (Fsp3) is 0.421. The van der Waals surface area contributed by atoms with Gasteiger partial charge in [0.2, 0.25) is 5.91 Å². The molecule has 0 bridgehead atoms. The largest absolute Gasteiger partial charge is 0.466 e. The van der Waals surface area contributed by atoms with Gasteiger partial charge in [-0.25, -0.2) is 4.79 Å². The number of anilines is 1. The molecule has 1 heterocycles. The minimum Gasteiger partial charge on any atom is -0.466 e. The van der Waals surface area contributed by atoms with Crippen LogP contribution in [0.1, 0.15) is 12.0 Å². The maximum absolute atomic E-state index is 12.6. The summed E-state index contributed by atoms with van der Waals surface area (Å²) in [5, 5.41) is 12.2. The fourth-order valence-electron chi connectivity index (χ4n) is 2.81. The van der Waals surface area contributed by atoms with E-state index < -0.39 is 5.97 Å². The van der Waals surface area contributed by atoms with Crippen molar-refractivity contribution < 1.29 is 24.2 Å². The monoisotopic (exact) mass is 375 g/mol. The molecule has 2 rings (SSSR count).